The van der Waals surface area contributed by atoms with Crippen molar-refractivity contribution in [3.8, 4) is 0 Å². The molecule has 0 spiro atoms. The number of nitrogens with one attached hydrogen (secondary N) is 1. The Morgan fingerprint density at radius 2 is 2.18 bits per heavy atom. The first kappa shape index (κ1) is 13.3. The maximum Gasteiger partial charge on any atom is 0.0741 e. The lowest BCUT2D eigenvalue weighted by Gasteiger charge is -2.41. The zero-order valence-electron chi connectivity index (χ0n) is 10.8. The van der Waals surface area contributed by atoms with Gasteiger partial charge in [-0.25, -0.2) is 0 Å². The Morgan fingerprint density at radius 3 is 2.76 bits per heavy atom. The second-order valence-electron chi connectivity index (χ2n) is 5.60. The van der Waals surface area contributed by atoms with Crippen LogP contribution in [0.15, 0.2) is 0 Å². The first-order valence-corrected chi connectivity index (χ1v) is 6.92. The summed E-state index contributed by atoms with van der Waals surface area (Å²) in [5, 5.41) is 13.2. The van der Waals surface area contributed by atoms with Gasteiger partial charge < -0.3 is 20.9 Å². The highest BCUT2D eigenvalue weighted by molar-refractivity contribution is 5.01. The molecule has 17 heavy (non-hydrogen) atoms. The van der Waals surface area contributed by atoms with Crippen molar-refractivity contribution in [2.75, 3.05) is 19.8 Å². The van der Waals surface area contributed by atoms with Crippen LogP contribution < -0.4 is 11.1 Å². The molecule has 4 atom stereocenters. The van der Waals surface area contributed by atoms with Gasteiger partial charge in [0.05, 0.1) is 11.6 Å². The van der Waals surface area contributed by atoms with E-state index in [0.29, 0.717) is 18.5 Å². The molecule has 4 unspecified atom stereocenters. The van der Waals surface area contributed by atoms with Crippen LogP contribution in [0.4, 0.5) is 0 Å². The quantitative estimate of drug-likeness (QED) is 0.676. The normalized spacial score (nSPS) is 42.9. The van der Waals surface area contributed by atoms with Crippen LogP contribution in [-0.4, -0.2) is 42.5 Å². The minimum Gasteiger partial charge on any atom is -0.396 e. The molecule has 1 heterocycles. The van der Waals surface area contributed by atoms with E-state index >= 15 is 0 Å². The number of aliphatic hydroxyl groups is 1. The zero-order chi connectivity index (χ0) is 12.3. The van der Waals surface area contributed by atoms with E-state index in [9.17, 15) is 5.11 Å². The second kappa shape index (κ2) is 5.65. The Kier molecular flexibility index (Phi) is 4.42. The summed E-state index contributed by atoms with van der Waals surface area (Å²) in [7, 11) is 0. The lowest BCUT2D eigenvalue weighted by Crippen LogP contribution is -2.61. The van der Waals surface area contributed by atoms with Crippen molar-refractivity contribution in [2.24, 2.45) is 11.7 Å². The van der Waals surface area contributed by atoms with Crippen LogP contribution in [0.5, 0.6) is 0 Å². The predicted octanol–water partition coefficient (Wildman–Crippen LogP) is 0.633. The molecule has 0 bridgehead atoms. The SMILES string of the molecule is CC1OCCC1(CN)NC1CCCCC1CO. The van der Waals surface area contributed by atoms with Crippen molar-refractivity contribution in [3.63, 3.8) is 0 Å². The van der Waals surface area contributed by atoms with Gasteiger partial charge in [0.2, 0.25) is 0 Å². The topological polar surface area (TPSA) is 67.5 Å². The Bertz CT molecular complexity index is 250. The highest BCUT2D eigenvalue weighted by Gasteiger charge is 2.43. The van der Waals surface area contributed by atoms with Crippen molar-refractivity contribution < 1.29 is 9.84 Å². The van der Waals surface area contributed by atoms with Crippen molar-refractivity contribution in [3.05, 3.63) is 0 Å². The van der Waals surface area contributed by atoms with Crippen LogP contribution in [0, 0.1) is 5.92 Å². The average Bonchev–Trinajstić information content (AvgIpc) is 2.72. The van der Waals surface area contributed by atoms with E-state index in [4.69, 9.17) is 10.5 Å². The second-order valence-corrected chi connectivity index (χ2v) is 5.60. The number of hydrogen-bond donors (Lipinski definition) is 3. The smallest absolute Gasteiger partial charge is 0.0741 e. The molecule has 2 aliphatic rings. The van der Waals surface area contributed by atoms with Gasteiger partial charge >= 0.3 is 0 Å². The minimum absolute atomic E-state index is 0.0740. The molecular formula is C13H26N2O2. The van der Waals surface area contributed by atoms with E-state index in [2.05, 4.69) is 12.2 Å². The number of rotatable bonds is 4. The largest absolute Gasteiger partial charge is 0.396 e. The van der Waals surface area contributed by atoms with Crippen LogP contribution >= 0.6 is 0 Å². The van der Waals surface area contributed by atoms with Crippen molar-refractivity contribution in [1.82, 2.24) is 5.32 Å². The Hall–Kier alpha value is -0.160. The van der Waals surface area contributed by atoms with Crippen molar-refractivity contribution in [2.45, 2.75) is 56.7 Å². The molecule has 2 rings (SSSR count). The van der Waals surface area contributed by atoms with E-state index in [1.165, 1.54) is 12.8 Å². The van der Waals surface area contributed by atoms with Gasteiger partial charge in [-0.1, -0.05) is 12.8 Å². The molecule has 4 heteroatoms. The first-order chi connectivity index (χ1) is 8.22. The van der Waals surface area contributed by atoms with Crippen LogP contribution in [0.3, 0.4) is 0 Å². The summed E-state index contributed by atoms with van der Waals surface area (Å²) in [4.78, 5) is 0. The van der Waals surface area contributed by atoms with Crippen LogP contribution in [0.1, 0.15) is 39.0 Å². The summed E-state index contributed by atoms with van der Waals surface area (Å²) in [6.07, 6.45) is 5.94. The fourth-order valence-electron chi connectivity index (χ4n) is 3.28. The average molecular weight is 242 g/mol. The molecule has 1 aliphatic carbocycles. The number of ether oxygens (including phenoxy) is 1. The molecule has 0 radical (unpaired) electrons. The lowest BCUT2D eigenvalue weighted by molar-refractivity contribution is 0.0640. The van der Waals surface area contributed by atoms with Gasteiger partial charge in [0, 0.05) is 25.8 Å². The molecule has 1 aliphatic heterocycles. The standard InChI is InChI=1S/C13H26N2O2/c1-10-13(9-14,6-7-17-10)15-12-5-3-2-4-11(12)8-16/h10-12,15-16H,2-9,14H2,1H3. The summed E-state index contributed by atoms with van der Waals surface area (Å²) in [5.41, 5.74) is 5.88. The van der Waals surface area contributed by atoms with Crippen LogP contribution in [-0.2, 0) is 4.74 Å². The van der Waals surface area contributed by atoms with Gasteiger partial charge in [-0.3, -0.25) is 0 Å². The molecule has 4 N–H and O–H groups in total. The maximum absolute atomic E-state index is 9.46. The van der Waals surface area contributed by atoms with Gasteiger partial charge in [-0.2, -0.15) is 0 Å². The van der Waals surface area contributed by atoms with Gasteiger partial charge in [0.1, 0.15) is 0 Å². The Morgan fingerprint density at radius 1 is 1.41 bits per heavy atom. The summed E-state index contributed by atoms with van der Waals surface area (Å²) >= 11 is 0. The molecule has 2 fully saturated rings. The van der Waals surface area contributed by atoms with Gasteiger partial charge in [0.15, 0.2) is 0 Å². The number of hydrogen-bond acceptors (Lipinski definition) is 4. The highest BCUT2D eigenvalue weighted by Crippen LogP contribution is 2.30. The molecule has 100 valence electrons. The molecule has 1 saturated carbocycles. The van der Waals surface area contributed by atoms with E-state index in [1.807, 2.05) is 0 Å². The van der Waals surface area contributed by atoms with E-state index in [1.54, 1.807) is 0 Å². The van der Waals surface area contributed by atoms with E-state index in [0.717, 1.165) is 25.9 Å². The minimum atomic E-state index is -0.0740. The summed E-state index contributed by atoms with van der Waals surface area (Å²) in [5.74, 6) is 0.389. The number of nitrogens with two attached hydrogens (primary N) is 1. The number of aliphatic hydroxyl groups excluding tert-OH is 1. The van der Waals surface area contributed by atoms with Crippen LogP contribution in [0.25, 0.3) is 0 Å². The molecule has 1 saturated heterocycles. The monoisotopic (exact) mass is 242 g/mol. The molecule has 0 aromatic rings. The van der Waals surface area contributed by atoms with Crippen molar-refractivity contribution >= 4 is 0 Å². The third-order valence-electron chi connectivity index (χ3n) is 4.67. The lowest BCUT2D eigenvalue weighted by atomic mass is 9.81. The van der Waals surface area contributed by atoms with E-state index in [-0.39, 0.29) is 18.2 Å². The third kappa shape index (κ3) is 2.65. The van der Waals surface area contributed by atoms with Crippen molar-refractivity contribution in [1.29, 1.82) is 0 Å². The fourth-order valence-corrected chi connectivity index (χ4v) is 3.28. The molecular weight excluding hydrogens is 216 g/mol. The molecule has 0 aromatic heterocycles. The Balaban J connectivity index is 2.01. The first-order valence-electron chi connectivity index (χ1n) is 6.92. The summed E-state index contributed by atoms with van der Waals surface area (Å²) in [6, 6.07) is 0.404. The third-order valence-corrected chi connectivity index (χ3v) is 4.67. The van der Waals surface area contributed by atoms with Gasteiger partial charge in [-0.15, -0.1) is 0 Å². The van der Waals surface area contributed by atoms with Gasteiger partial charge in [0.25, 0.3) is 0 Å². The summed E-state index contributed by atoms with van der Waals surface area (Å²) < 4.78 is 5.67. The molecule has 4 nitrogen and oxygen atoms in total. The van der Waals surface area contributed by atoms with Crippen LogP contribution in [0.2, 0.25) is 0 Å². The highest BCUT2D eigenvalue weighted by atomic mass is 16.5. The van der Waals surface area contributed by atoms with E-state index < -0.39 is 0 Å². The predicted molar refractivity (Wildman–Crippen MR) is 67.8 cm³/mol. The fraction of sp³-hybridized carbons (Fsp3) is 1.00. The Labute approximate surface area is 104 Å². The van der Waals surface area contributed by atoms with Gasteiger partial charge in [-0.05, 0) is 32.1 Å². The molecule has 0 amide bonds. The maximum atomic E-state index is 9.46. The zero-order valence-corrected chi connectivity index (χ0v) is 10.8. The summed E-state index contributed by atoms with van der Waals surface area (Å²) in [6.45, 7) is 3.79. The molecule has 0 aromatic carbocycles.